The summed E-state index contributed by atoms with van der Waals surface area (Å²) in [7, 11) is -3.71. The van der Waals surface area contributed by atoms with Crippen molar-refractivity contribution in [1.29, 1.82) is 0 Å². The molecule has 8 heteroatoms. The van der Waals surface area contributed by atoms with E-state index in [1.54, 1.807) is 12.1 Å². The smallest absolute Gasteiger partial charge is 0.262 e. The Morgan fingerprint density at radius 1 is 1.17 bits per heavy atom. The van der Waals surface area contributed by atoms with E-state index < -0.39 is 10.0 Å². The number of carbonyl (C=O) groups excluding carboxylic acids is 1. The number of rotatable bonds is 8. The normalized spacial score (nSPS) is 13.6. The molecule has 0 radical (unpaired) electrons. The Kier molecular flexibility index (Phi) is 6.87. The second-order valence-electron chi connectivity index (χ2n) is 6.88. The number of hydrogen-bond acceptors (Lipinski definition) is 5. The van der Waals surface area contributed by atoms with Crippen molar-refractivity contribution >= 4 is 27.5 Å². The molecule has 0 spiro atoms. The van der Waals surface area contributed by atoms with Gasteiger partial charge in [-0.1, -0.05) is 23.8 Å². The third-order valence-corrected chi connectivity index (χ3v) is 5.77. The number of anilines is 1. The van der Waals surface area contributed by atoms with Gasteiger partial charge in [-0.2, -0.15) is 0 Å². The fourth-order valence-electron chi connectivity index (χ4n) is 2.86. The molecule has 2 N–H and O–H groups in total. The van der Waals surface area contributed by atoms with E-state index in [0.29, 0.717) is 37.5 Å². The van der Waals surface area contributed by atoms with Crippen molar-refractivity contribution in [1.82, 2.24) is 4.72 Å². The van der Waals surface area contributed by atoms with Crippen molar-refractivity contribution in [2.24, 2.45) is 4.99 Å². The molecule has 1 heterocycles. The highest BCUT2D eigenvalue weighted by Crippen LogP contribution is 2.17. The van der Waals surface area contributed by atoms with Crippen LogP contribution < -0.4 is 14.8 Å². The molecule has 0 saturated carbocycles. The molecule has 0 atom stereocenters. The average Bonchev–Trinajstić information content (AvgIpc) is 3.19. The van der Waals surface area contributed by atoms with Crippen LogP contribution in [0.1, 0.15) is 31.2 Å². The Balaban J connectivity index is 1.48. The number of benzene rings is 2. The molecule has 0 saturated heterocycles. The molecule has 154 valence electrons. The molecule has 3 rings (SSSR count). The highest BCUT2D eigenvalue weighted by atomic mass is 32.2. The zero-order valence-corrected chi connectivity index (χ0v) is 17.2. The minimum Gasteiger partial charge on any atom is -0.494 e. The van der Waals surface area contributed by atoms with Gasteiger partial charge in [-0.3, -0.25) is 14.5 Å². The zero-order chi connectivity index (χ0) is 20.7. The van der Waals surface area contributed by atoms with Gasteiger partial charge in [0.2, 0.25) is 5.91 Å². The lowest BCUT2D eigenvalue weighted by atomic mass is 10.2. The lowest BCUT2D eigenvalue weighted by Crippen LogP contribution is -2.29. The zero-order valence-electron chi connectivity index (χ0n) is 16.3. The number of carbonyl (C=O) groups is 1. The van der Waals surface area contributed by atoms with Crippen molar-refractivity contribution < 1.29 is 17.9 Å². The van der Waals surface area contributed by atoms with Crippen LogP contribution in [-0.4, -0.2) is 33.3 Å². The van der Waals surface area contributed by atoms with E-state index in [9.17, 15) is 13.2 Å². The first-order chi connectivity index (χ1) is 13.9. The maximum Gasteiger partial charge on any atom is 0.262 e. The summed E-state index contributed by atoms with van der Waals surface area (Å²) in [5.41, 5.74) is 1.60. The van der Waals surface area contributed by atoms with Crippen molar-refractivity contribution in [3.05, 3.63) is 54.1 Å². The first-order valence-electron chi connectivity index (χ1n) is 9.58. The molecule has 1 amide bonds. The maximum absolute atomic E-state index is 12.5. The van der Waals surface area contributed by atoms with Gasteiger partial charge in [0.05, 0.1) is 11.5 Å². The number of ether oxygens (including phenoxy) is 1. The number of amidine groups is 1. The van der Waals surface area contributed by atoms with Crippen molar-refractivity contribution in [3.8, 4) is 5.75 Å². The molecule has 0 aromatic heterocycles. The summed E-state index contributed by atoms with van der Waals surface area (Å²) < 4.78 is 33.1. The molecule has 7 nitrogen and oxygen atoms in total. The monoisotopic (exact) mass is 415 g/mol. The summed E-state index contributed by atoms with van der Waals surface area (Å²) in [5.74, 6) is 1.06. The molecule has 0 unspecified atom stereocenters. The van der Waals surface area contributed by atoms with Crippen molar-refractivity contribution in [2.45, 2.75) is 37.5 Å². The van der Waals surface area contributed by atoms with E-state index in [1.165, 1.54) is 12.1 Å². The van der Waals surface area contributed by atoms with E-state index in [2.05, 4.69) is 15.0 Å². The summed E-state index contributed by atoms with van der Waals surface area (Å²) in [4.78, 5) is 16.4. The van der Waals surface area contributed by atoms with Gasteiger partial charge in [0, 0.05) is 25.1 Å². The maximum atomic E-state index is 12.5. The third-order valence-electron chi connectivity index (χ3n) is 4.39. The highest BCUT2D eigenvalue weighted by molar-refractivity contribution is 7.90. The summed E-state index contributed by atoms with van der Waals surface area (Å²) in [6.07, 6.45) is 2.30. The summed E-state index contributed by atoms with van der Waals surface area (Å²) >= 11 is 0. The quantitative estimate of drug-likeness (QED) is 0.647. The molecule has 1 aliphatic rings. The fourth-order valence-corrected chi connectivity index (χ4v) is 3.99. The molecular weight excluding hydrogens is 390 g/mol. The molecule has 0 aliphatic carbocycles. The Bertz CT molecular complexity index is 985. The second-order valence-corrected chi connectivity index (χ2v) is 8.56. The number of aryl methyl sites for hydroxylation is 1. The predicted molar refractivity (Wildman–Crippen MR) is 113 cm³/mol. The lowest BCUT2D eigenvalue weighted by Gasteiger charge is -2.10. The van der Waals surface area contributed by atoms with Gasteiger partial charge >= 0.3 is 0 Å². The van der Waals surface area contributed by atoms with Gasteiger partial charge in [0.25, 0.3) is 10.0 Å². The Labute approximate surface area is 171 Å². The number of nitrogens with zero attached hydrogens (tertiary/aromatic N) is 1. The van der Waals surface area contributed by atoms with E-state index in [4.69, 9.17) is 4.74 Å². The van der Waals surface area contributed by atoms with Gasteiger partial charge < -0.3 is 10.1 Å². The Morgan fingerprint density at radius 2 is 1.97 bits per heavy atom. The van der Waals surface area contributed by atoms with Crippen LogP contribution in [0.5, 0.6) is 5.75 Å². The van der Waals surface area contributed by atoms with E-state index in [-0.39, 0.29) is 17.2 Å². The predicted octanol–water partition coefficient (Wildman–Crippen LogP) is 3.26. The topological polar surface area (TPSA) is 96.9 Å². The van der Waals surface area contributed by atoms with Crippen LogP contribution in [0.3, 0.4) is 0 Å². The van der Waals surface area contributed by atoms with Crippen molar-refractivity contribution in [3.63, 3.8) is 0 Å². The van der Waals surface area contributed by atoms with Crippen LogP contribution in [0.4, 0.5) is 5.69 Å². The van der Waals surface area contributed by atoms with Crippen LogP contribution in [-0.2, 0) is 14.8 Å². The third kappa shape index (κ3) is 6.32. The van der Waals surface area contributed by atoms with Crippen LogP contribution in [0.25, 0.3) is 0 Å². The number of hydrogen-bond donors (Lipinski definition) is 2. The number of amides is 1. The van der Waals surface area contributed by atoms with Crippen LogP contribution in [0.15, 0.2) is 58.4 Å². The first-order valence-corrected chi connectivity index (χ1v) is 11.1. The van der Waals surface area contributed by atoms with Crippen molar-refractivity contribution in [2.75, 3.05) is 18.5 Å². The van der Waals surface area contributed by atoms with Gasteiger partial charge in [-0.25, -0.2) is 8.42 Å². The lowest BCUT2D eigenvalue weighted by molar-refractivity contribution is -0.116. The summed E-state index contributed by atoms with van der Waals surface area (Å²) in [5, 5.41) is 2.74. The molecule has 2 aromatic rings. The van der Waals surface area contributed by atoms with Crippen LogP contribution in [0.2, 0.25) is 0 Å². The van der Waals surface area contributed by atoms with Gasteiger partial charge in [-0.05, 0) is 50.1 Å². The highest BCUT2D eigenvalue weighted by Gasteiger charge is 2.18. The molecule has 29 heavy (non-hydrogen) atoms. The molecular formula is C21H25N3O4S. The largest absolute Gasteiger partial charge is 0.494 e. The minimum atomic E-state index is -3.71. The van der Waals surface area contributed by atoms with Crippen LogP contribution in [0, 0.1) is 6.92 Å². The number of nitrogens with one attached hydrogen (secondary N) is 2. The molecule has 0 bridgehead atoms. The number of aliphatic imine (C=N–C) groups is 1. The first kappa shape index (κ1) is 20.9. The minimum absolute atomic E-state index is 0.0904. The van der Waals surface area contributed by atoms with Gasteiger partial charge in [0.1, 0.15) is 11.6 Å². The second kappa shape index (κ2) is 9.56. The average molecular weight is 416 g/mol. The van der Waals surface area contributed by atoms with Gasteiger partial charge in [-0.15, -0.1) is 0 Å². The summed E-state index contributed by atoms with van der Waals surface area (Å²) in [6.45, 7) is 3.08. The SMILES string of the molecule is Cc1ccc(OCCCC(=O)Nc2cccc(S(=O)(=O)NC3=NCCC3)c2)cc1. The van der Waals surface area contributed by atoms with E-state index in [1.807, 2.05) is 31.2 Å². The Morgan fingerprint density at radius 3 is 2.69 bits per heavy atom. The molecule has 1 aliphatic heterocycles. The summed E-state index contributed by atoms with van der Waals surface area (Å²) in [6, 6.07) is 13.9. The fraction of sp³-hybridized carbons (Fsp3) is 0.333. The molecule has 2 aromatic carbocycles. The van der Waals surface area contributed by atoms with E-state index in [0.717, 1.165) is 17.7 Å². The van der Waals surface area contributed by atoms with Gasteiger partial charge in [0.15, 0.2) is 0 Å². The molecule has 0 fully saturated rings. The standard InChI is InChI=1S/C21H25N3O4S/c1-16-9-11-18(12-10-16)28-14-4-8-21(25)23-17-5-2-6-19(15-17)29(26,27)24-20-7-3-13-22-20/h2,5-6,9-12,15H,3-4,7-8,13-14H2,1H3,(H,22,24)(H,23,25). The van der Waals surface area contributed by atoms with E-state index >= 15 is 0 Å². The number of sulfonamides is 1. The Hall–Kier alpha value is -2.87. The van der Waals surface area contributed by atoms with Crippen LogP contribution >= 0.6 is 0 Å².